The second kappa shape index (κ2) is 7.74. The van der Waals surface area contributed by atoms with E-state index in [0.717, 1.165) is 32.2 Å². The van der Waals surface area contributed by atoms with Crippen LogP contribution in [0.25, 0.3) is 0 Å². The minimum atomic E-state index is -0.00221. The van der Waals surface area contributed by atoms with Gasteiger partial charge in [-0.2, -0.15) is 0 Å². The molecule has 0 spiro atoms. The maximum atomic E-state index is 11.6. The molecule has 106 valence electrons. The molecule has 0 aromatic rings. The molecule has 0 saturated heterocycles. The summed E-state index contributed by atoms with van der Waals surface area (Å²) in [5, 5.41) is 3.60. The van der Waals surface area contributed by atoms with Gasteiger partial charge in [0.15, 0.2) is 0 Å². The van der Waals surface area contributed by atoms with Crippen molar-refractivity contribution in [3.8, 4) is 0 Å². The predicted molar refractivity (Wildman–Crippen MR) is 73.5 cm³/mol. The molecule has 0 aromatic heterocycles. The first-order valence-corrected chi connectivity index (χ1v) is 7.11. The van der Waals surface area contributed by atoms with Gasteiger partial charge in [-0.3, -0.25) is 4.79 Å². The van der Waals surface area contributed by atoms with Gasteiger partial charge in [-0.25, -0.2) is 0 Å². The molecule has 18 heavy (non-hydrogen) atoms. The first-order chi connectivity index (χ1) is 8.54. The van der Waals surface area contributed by atoms with E-state index in [2.05, 4.69) is 31.2 Å². The van der Waals surface area contributed by atoms with E-state index in [1.165, 1.54) is 0 Å². The number of carbonyl (C=O) groups is 1. The highest BCUT2D eigenvalue weighted by atomic mass is 16.5. The number of hydrogen-bond donors (Lipinski definition) is 1. The Morgan fingerprint density at radius 2 is 1.94 bits per heavy atom. The van der Waals surface area contributed by atoms with Crippen molar-refractivity contribution < 1.29 is 9.53 Å². The third kappa shape index (κ3) is 4.94. The van der Waals surface area contributed by atoms with Crippen LogP contribution < -0.4 is 5.32 Å². The Labute approximate surface area is 111 Å². The Morgan fingerprint density at radius 1 is 1.33 bits per heavy atom. The van der Waals surface area contributed by atoms with Gasteiger partial charge in [0.25, 0.3) is 0 Å². The second-order valence-corrected chi connectivity index (χ2v) is 5.52. The Balaban J connectivity index is 2.21. The topological polar surface area (TPSA) is 41.6 Å². The molecule has 0 radical (unpaired) electrons. The molecule has 0 aromatic carbocycles. The molecule has 1 rings (SSSR count). The molecule has 1 aliphatic carbocycles. The summed E-state index contributed by atoms with van der Waals surface area (Å²) in [5.74, 6) is 0.131. The minimum Gasteiger partial charge on any atom is -0.466 e. The van der Waals surface area contributed by atoms with Crippen molar-refractivity contribution in [3.63, 3.8) is 0 Å². The average Bonchev–Trinajstić information content (AvgIpc) is 2.36. The highest BCUT2D eigenvalue weighted by Crippen LogP contribution is 2.25. The van der Waals surface area contributed by atoms with Crippen LogP contribution in [0, 0.1) is 5.92 Å². The molecular weight excluding hydrogens is 228 g/mol. The van der Waals surface area contributed by atoms with Crippen LogP contribution in [0.5, 0.6) is 0 Å². The zero-order chi connectivity index (χ0) is 13.5. The molecule has 0 aliphatic heterocycles. The zero-order valence-electron chi connectivity index (χ0n) is 12.2. The van der Waals surface area contributed by atoms with Crippen molar-refractivity contribution in [1.29, 1.82) is 0 Å². The van der Waals surface area contributed by atoms with Gasteiger partial charge in [0.1, 0.15) is 0 Å². The van der Waals surface area contributed by atoms with Crippen LogP contribution in [0.3, 0.4) is 0 Å². The molecule has 1 atom stereocenters. The molecule has 4 heteroatoms. The summed E-state index contributed by atoms with van der Waals surface area (Å²) < 4.78 is 5.08. The van der Waals surface area contributed by atoms with Crippen LogP contribution in [-0.4, -0.2) is 50.2 Å². The number of likely N-dealkylation sites (N-methyl/N-ethyl adjacent to an activating group) is 1. The van der Waals surface area contributed by atoms with E-state index >= 15 is 0 Å². The number of nitrogens with one attached hydrogen (secondary N) is 1. The van der Waals surface area contributed by atoms with E-state index in [1.54, 1.807) is 0 Å². The van der Waals surface area contributed by atoms with Crippen LogP contribution in [0.2, 0.25) is 0 Å². The van der Waals surface area contributed by atoms with E-state index < -0.39 is 0 Å². The normalized spacial score (nSPS) is 26.1. The Morgan fingerprint density at radius 3 is 2.44 bits per heavy atom. The predicted octanol–water partition coefficient (Wildman–Crippen LogP) is 1.65. The molecule has 4 nitrogen and oxygen atoms in total. The van der Waals surface area contributed by atoms with Crippen LogP contribution in [0.1, 0.15) is 39.5 Å². The van der Waals surface area contributed by atoms with Gasteiger partial charge in [0, 0.05) is 18.6 Å². The summed E-state index contributed by atoms with van der Waals surface area (Å²) in [5.41, 5.74) is 0. The number of nitrogens with zero attached hydrogens (tertiary/aromatic N) is 1. The molecule has 1 fully saturated rings. The molecule has 0 heterocycles. The summed E-state index contributed by atoms with van der Waals surface area (Å²) in [6.07, 6.45) is 4.10. The van der Waals surface area contributed by atoms with Crippen molar-refractivity contribution in [2.75, 3.05) is 27.2 Å². The number of ether oxygens (including phenoxy) is 1. The highest BCUT2D eigenvalue weighted by molar-refractivity contribution is 5.72. The summed E-state index contributed by atoms with van der Waals surface area (Å²) in [6, 6.07) is 1.12. The second-order valence-electron chi connectivity index (χ2n) is 5.52. The third-order valence-corrected chi connectivity index (χ3v) is 3.93. The largest absolute Gasteiger partial charge is 0.466 e. The number of carbonyl (C=O) groups excluding carboxylic acids is 1. The first-order valence-electron chi connectivity index (χ1n) is 7.11. The quantitative estimate of drug-likeness (QED) is 0.734. The van der Waals surface area contributed by atoms with Gasteiger partial charge in [-0.05, 0) is 53.6 Å². The van der Waals surface area contributed by atoms with Crippen LogP contribution in [0.4, 0.5) is 0 Å². The van der Waals surface area contributed by atoms with E-state index in [9.17, 15) is 4.79 Å². The number of esters is 1. The smallest absolute Gasteiger partial charge is 0.308 e. The number of hydrogen-bond acceptors (Lipinski definition) is 4. The maximum absolute atomic E-state index is 11.6. The minimum absolute atomic E-state index is 0.00221. The molecular formula is C14H28N2O2. The van der Waals surface area contributed by atoms with Crippen LogP contribution in [0.15, 0.2) is 0 Å². The lowest BCUT2D eigenvalue weighted by molar-refractivity contribution is -0.149. The summed E-state index contributed by atoms with van der Waals surface area (Å²) in [6.45, 7) is 5.60. The highest BCUT2D eigenvalue weighted by Gasteiger charge is 2.27. The lowest BCUT2D eigenvalue weighted by Gasteiger charge is -2.30. The van der Waals surface area contributed by atoms with E-state index in [1.807, 2.05) is 6.92 Å². The molecule has 0 amide bonds. The average molecular weight is 256 g/mol. The maximum Gasteiger partial charge on any atom is 0.308 e. The van der Waals surface area contributed by atoms with Gasteiger partial charge in [-0.1, -0.05) is 0 Å². The van der Waals surface area contributed by atoms with Crippen LogP contribution in [-0.2, 0) is 9.53 Å². The Kier molecular flexibility index (Phi) is 6.65. The van der Waals surface area contributed by atoms with Crippen molar-refractivity contribution in [2.45, 2.75) is 51.6 Å². The van der Waals surface area contributed by atoms with E-state index in [-0.39, 0.29) is 11.9 Å². The van der Waals surface area contributed by atoms with Crippen molar-refractivity contribution >= 4 is 5.97 Å². The standard InChI is InChI=1S/C14H28N2O2/c1-5-18-14(17)12-6-8-13(9-7-12)15-10-11(2)16(3)4/h11-13,15H,5-10H2,1-4H3. The third-order valence-electron chi connectivity index (χ3n) is 3.93. The molecule has 0 bridgehead atoms. The summed E-state index contributed by atoms with van der Waals surface area (Å²) in [7, 11) is 4.20. The van der Waals surface area contributed by atoms with Gasteiger partial charge < -0.3 is 15.0 Å². The molecule has 1 saturated carbocycles. The van der Waals surface area contributed by atoms with Gasteiger partial charge in [-0.15, -0.1) is 0 Å². The van der Waals surface area contributed by atoms with E-state index in [0.29, 0.717) is 18.7 Å². The van der Waals surface area contributed by atoms with Crippen molar-refractivity contribution in [2.24, 2.45) is 5.92 Å². The van der Waals surface area contributed by atoms with Gasteiger partial charge in [0.2, 0.25) is 0 Å². The van der Waals surface area contributed by atoms with Gasteiger partial charge >= 0.3 is 5.97 Å². The fourth-order valence-electron chi connectivity index (χ4n) is 2.31. The zero-order valence-corrected chi connectivity index (χ0v) is 12.2. The van der Waals surface area contributed by atoms with Crippen molar-refractivity contribution in [3.05, 3.63) is 0 Å². The fourth-order valence-corrected chi connectivity index (χ4v) is 2.31. The lowest BCUT2D eigenvalue weighted by Crippen LogP contribution is -2.42. The molecule has 1 unspecified atom stereocenters. The molecule has 1 N–H and O–H groups in total. The Hall–Kier alpha value is -0.610. The SMILES string of the molecule is CCOC(=O)C1CCC(NCC(C)N(C)C)CC1. The number of rotatable bonds is 6. The summed E-state index contributed by atoms with van der Waals surface area (Å²) in [4.78, 5) is 13.8. The van der Waals surface area contributed by atoms with Gasteiger partial charge in [0.05, 0.1) is 12.5 Å². The van der Waals surface area contributed by atoms with E-state index in [4.69, 9.17) is 4.74 Å². The monoisotopic (exact) mass is 256 g/mol. The Bertz CT molecular complexity index is 248. The summed E-state index contributed by atoms with van der Waals surface area (Å²) >= 11 is 0. The fraction of sp³-hybridized carbons (Fsp3) is 0.929. The van der Waals surface area contributed by atoms with Crippen molar-refractivity contribution in [1.82, 2.24) is 10.2 Å². The van der Waals surface area contributed by atoms with Crippen LogP contribution >= 0.6 is 0 Å². The lowest BCUT2D eigenvalue weighted by atomic mass is 9.86. The molecule has 1 aliphatic rings. The first kappa shape index (κ1) is 15.4.